The van der Waals surface area contributed by atoms with Crippen LogP contribution in [0.4, 0.5) is 0 Å². The minimum Gasteiger partial charge on any atom is -0.483 e. The maximum atomic E-state index is 11.4. The number of likely N-dealkylation sites (N-methyl/N-ethyl adjacent to an activating group) is 1. The van der Waals surface area contributed by atoms with Crippen LogP contribution in [0.1, 0.15) is 12.6 Å². The van der Waals surface area contributed by atoms with E-state index in [4.69, 9.17) is 16.3 Å². The normalized spacial score (nSPS) is 10.3. The van der Waals surface area contributed by atoms with Crippen LogP contribution in [-0.2, 0) is 10.7 Å². The van der Waals surface area contributed by atoms with Crippen LogP contribution in [0.25, 0.3) is 10.6 Å². The van der Waals surface area contributed by atoms with E-state index >= 15 is 0 Å². The molecule has 0 aliphatic rings. The molecule has 0 unspecified atom stereocenters. The molecule has 1 N–H and O–H groups in total. The van der Waals surface area contributed by atoms with Gasteiger partial charge in [-0.05, 0) is 19.1 Å². The number of para-hydroxylation sites is 1. The standard InChI is InChI=1S/C14H15ClN2O2S/c1-2-16-13(18)8-19-12-6-4-3-5-11(12)14-17-10(7-15)9-20-14/h3-6,9H,2,7-8H2,1H3,(H,16,18). The number of carbonyl (C=O) groups excluding carboxylic acids is 1. The summed E-state index contributed by atoms with van der Waals surface area (Å²) >= 11 is 7.27. The van der Waals surface area contributed by atoms with Crippen LogP contribution < -0.4 is 10.1 Å². The third-order valence-corrected chi connectivity index (χ3v) is 3.74. The monoisotopic (exact) mass is 310 g/mol. The van der Waals surface area contributed by atoms with Crippen LogP contribution >= 0.6 is 22.9 Å². The van der Waals surface area contributed by atoms with Crippen molar-refractivity contribution in [1.29, 1.82) is 0 Å². The summed E-state index contributed by atoms with van der Waals surface area (Å²) in [7, 11) is 0. The Labute approximate surface area is 126 Å². The van der Waals surface area contributed by atoms with E-state index in [0.29, 0.717) is 18.2 Å². The van der Waals surface area contributed by atoms with Crippen molar-refractivity contribution in [3.05, 3.63) is 35.3 Å². The van der Waals surface area contributed by atoms with Gasteiger partial charge in [0.2, 0.25) is 0 Å². The van der Waals surface area contributed by atoms with Gasteiger partial charge in [-0.3, -0.25) is 4.79 Å². The molecule has 0 bridgehead atoms. The molecule has 0 saturated heterocycles. The van der Waals surface area contributed by atoms with Crippen molar-refractivity contribution in [2.45, 2.75) is 12.8 Å². The van der Waals surface area contributed by atoms with E-state index in [1.165, 1.54) is 11.3 Å². The molecular formula is C14H15ClN2O2S. The predicted octanol–water partition coefficient (Wildman–Crippen LogP) is 3.06. The summed E-state index contributed by atoms with van der Waals surface area (Å²) in [6, 6.07) is 7.53. The number of nitrogens with one attached hydrogen (secondary N) is 1. The minimum atomic E-state index is -0.136. The highest BCUT2D eigenvalue weighted by Crippen LogP contribution is 2.32. The molecule has 0 spiro atoms. The maximum Gasteiger partial charge on any atom is 0.257 e. The Morgan fingerprint density at radius 2 is 2.25 bits per heavy atom. The lowest BCUT2D eigenvalue weighted by Crippen LogP contribution is -2.28. The van der Waals surface area contributed by atoms with Gasteiger partial charge >= 0.3 is 0 Å². The van der Waals surface area contributed by atoms with Crippen LogP contribution in [0.5, 0.6) is 5.75 Å². The number of benzene rings is 1. The van der Waals surface area contributed by atoms with Gasteiger partial charge in [-0.2, -0.15) is 0 Å². The van der Waals surface area contributed by atoms with Gasteiger partial charge in [0, 0.05) is 11.9 Å². The Bertz CT molecular complexity index is 586. The number of aromatic nitrogens is 1. The second-order valence-electron chi connectivity index (χ2n) is 4.02. The van der Waals surface area contributed by atoms with Crippen LogP contribution in [0, 0.1) is 0 Å². The van der Waals surface area contributed by atoms with Gasteiger partial charge in [-0.15, -0.1) is 22.9 Å². The van der Waals surface area contributed by atoms with Gasteiger partial charge in [0.05, 0.1) is 17.1 Å². The molecule has 1 aromatic carbocycles. The zero-order valence-electron chi connectivity index (χ0n) is 11.1. The van der Waals surface area contributed by atoms with Crippen LogP contribution in [0.3, 0.4) is 0 Å². The van der Waals surface area contributed by atoms with E-state index in [-0.39, 0.29) is 12.5 Å². The summed E-state index contributed by atoms with van der Waals surface area (Å²) in [6.45, 7) is 2.46. The van der Waals surface area contributed by atoms with Crippen molar-refractivity contribution < 1.29 is 9.53 Å². The number of nitrogens with zero attached hydrogens (tertiary/aromatic N) is 1. The molecule has 1 amide bonds. The number of alkyl halides is 1. The lowest BCUT2D eigenvalue weighted by atomic mass is 10.2. The molecule has 106 valence electrons. The smallest absolute Gasteiger partial charge is 0.257 e. The summed E-state index contributed by atoms with van der Waals surface area (Å²) in [5.74, 6) is 0.899. The van der Waals surface area contributed by atoms with E-state index in [2.05, 4.69) is 10.3 Å². The highest BCUT2D eigenvalue weighted by molar-refractivity contribution is 7.13. The van der Waals surface area contributed by atoms with Crippen molar-refractivity contribution in [2.24, 2.45) is 0 Å². The van der Waals surface area contributed by atoms with E-state index < -0.39 is 0 Å². The highest BCUT2D eigenvalue weighted by Gasteiger charge is 2.11. The Balaban J connectivity index is 2.15. The fourth-order valence-electron chi connectivity index (χ4n) is 1.65. The molecule has 2 aromatic rings. The van der Waals surface area contributed by atoms with Crippen molar-refractivity contribution in [1.82, 2.24) is 10.3 Å². The van der Waals surface area contributed by atoms with Gasteiger partial charge < -0.3 is 10.1 Å². The Hall–Kier alpha value is -1.59. The molecule has 0 aliphatic heterocycles. The number of hydrogen-bond donors (Lipinski definition) is 1. The van der Waals surface area contributed by atoms with E-state index in [9.17, 15) is 4.79 Å². The average molecular weight is 311 g/mol. The lowest BCUT2D eigenvalue weighted by molar-refractivity contribution is -0.122. The average Bonchev–Trinajstić information content (AvgIpc) is 2.94. The molecule has 0 aliphatic carbocycles. The van der Waals surface area contributed by atoms with Crippen molar-refractivity contribution in [3.63, 3.8) is 0 Å². The first kappa shape index (κ1) is 14.8. The molecular weight excluding hydrogens is 296 g/mol. The van der Waals surface area contributed by atoms with Gasteiger partial charge in [-0.25, -0.2) is 4.98 Å². The number of amides is 1. The zero-order valence-corrected chi connectivity index (χ0v) is 12.6. The summed E-state index contributed by atoms with van der Waals surface area (Å²) in [6.07, 6.45) is 0. The quantitative estimate of drug-likeness (QED) is 0.834. The van der Waals surface area contributed by atoms with Crippen molar-refractivity contribution in [2.75, 3.05) is 13.2 Å². The van der Waals surface area contributed by atoms with Crippen LogP contribution in [-0.4, -0.2) is 24.0 Å². The molecule has 0 radical (unpaired) electrons. The van der Waals surface area contributed by atoms with E-state index in [1.54, 1.807) is 0 Å². The van der Waals surface area contributed by atoms with E-state index in [0.717, 1.165) is 16.3 Å². The Morgan fingerprint density at radius 1 is 1.45 bits per heavy atom. The molecule has 1 aromatic heterocycles. The first-order valence-corrected chi connectivity index (χ1v) is 7.65. The fourth-order valence-corrected chi connectivity index (χ4v) is 2.73. The highest BCUT2D eigenvalue weighted by atomic mass is 35.5. The second kappa shape index (κ2) is 7.26. The van der Waals surface area contributed by atoms with Crippen LogP contribution in [0.2, 0.25) is 0 Å². The number of halogens is 1. The summed E-state index contributed by atoms with van der Waals surface area (Å²) in [4.78, 5) is 15.9. The van der Waals surface area contributed by atoms with Gasteiger partial charge in [0.15, 0.2) is 6.61 Å². The largest absolute Gasteiger partial charge is 0.483 e. The van der Waals surface area contributed by atoms with Gasteiger partial charge in [0.1, 0.15) is 10.8 Å². The zero-order chi connectivity index (χ0) is 14.4. The Kier molecular flexibility index (Phi) is 5.38. The SMILES string of the molecule is CCNC(=O)COc1ccccc1-c1nc(CCl)cs1. The molecule has 6 heteroatoms. The van der Waals surface area contributed by atoms with E-state index in [1.807, 2.05) is 36.6 Å². The molecule has 0 fully saturated rings. The first-order valence-electron chi connectivity index (χ1n) is 6.24. The van der Waals surface area contributed by atoms with Crippen molar-refractivity contribution >= 4 is 28.8 Å². The topological polar surface area (TPSA) is 51.2 Å². The van der Waals surface area contributed by atoms with Gasteiger partial charge in [0.25, 0.3) is 5.91 Å². The lowest BCUT2D eigenvalue weighted by Gasteiger charge is -2.09. The fraction of sp³-hybridized carbons (Fsp3) is 0.286. The summed E-state index contributed by atoms with van der Waals surface area (Å²) < 4.78 is 5.57. The molecule has 4 nitrogen and oxygen atoms in total. The number of rotatable bonds is 6. The second-order valence-corrected chi connectivity index (χ2v) is 5.14. The molecule has 2 rings (SSSR count). The minimum absolute atomic E-state index is 0.00140. The summed E-state index contributed by atoms with van der Waals surface area (Å²) in [5.41, 5.74) is 1.71. The predicted molar refractivity (Wildman–Crippen MR) is 81.3 cm³/mol. The maximum absolute atomic E-state index is 11.4. The molecule has 0 saturated carbocycles. The third kappa shape index (κ3) is 3.71. The number of carbonyl (C=O) groups is 1. The number of thiazole rings is 1. The number of ether oxygens (including phenoxy) is 1. The van der Waals surface area contributed by atoms with Gasteiger partial charge in [-0.1, -0.05) is 12.1 Å². The van der Waals surface area contributed by atoms with Crippen LogP contribution in [0.15, 0.2) is 29.6 Å². The molecule has 0 atom stereocenters. The molecule has 20 heavy (non-hydrogen) atoms. The summed E-state index contributed by atoms with van der Waals surface area (Å²) in [5, 5.41) is 5.45. The van der Waals surface area contributed by atoms with Crippen molar-refractivity contribution in [3.8, 4) is 16.3 Å². The first-order chi connectivity index (χ1) is 9.74. The number of hydrogen-bond acceptors (Lipinski definition) is 4. The Morgan fingerprint density at radius 3 is 2.95 bits per heavy atom. The third-order valence-electron chi connectivity index (χ3n) is 2.54. The molecule has 1 heterocycles.